The fourth-order valence-corrected chi connectivity index (χ4v) is 3.99. The number of nitrogens with one attached hydrogen (secondary N) is 2. The largest absolute Gasteiger partial charge is 0.334 e. The number of hydrogen-bond donors (Lipinski definition) is 2. The predicted molar refractivity (Wildman–Crippen MR) is 84.4 cm³/mol. The Morgan fingerprint density at radius 3 is 2.29 bits per heavy atom. The van der Waals surface area contributed by atoms with Gasteiger partial charge in [-0.15, -0.1) is 0 Å². The highest BCUT2D eigenvalue weighted by Crippen LogP contribution is 2.23. The standard InChI is InChI=1S/C15H22N2O3S/c1-15(2,3)11-4-6-12(7-5-11)16-14(18)17-13-8-9-21(19,20)10-13/h4-7,13H,8-10H2,1-3H3,(H2,16,17,18). The molecule has 1 aromatic carbocycles. The van der Waals surface area contributed by atoms with Gasteiger partial charge < -0.3 is 10.6 Å². The van der Waals surface area contributed by atoms with Gasteiger partial charge in [-0.05, 0) is 29.5 Å². The van der Waals surface area contributed by atoms with Gasteiger partial charge in [0.05, 0.1) is 11.5 Å². The molecular formula is C15H22N2O3S. The quantitative estimate of drug-likeness (QED) is 0.880. The lowest BCUT2D eigenvalue weighted by molar-refractivity contribution is 0.249. The first kappa shape index (κ1) is 15.8. The van der Waals surface area contributed by atoms with Crippen molar-refractivity contribution >= 4 is 21.6 Å². The van der Waals surface area contributed by atoms with Crippen LogP contribution in [0.1, 0.15) is 32.8 Å². The third-order valence-electron chi connectivity index (χ3n) is 3.58. The molecular weight excluding hydrogens is 288 g/mol. The van der Waals surface area contributed by atoms with Crippen molar-refractivity contribution in [1.29, 1.82) is 0 Å². The molecule has 1 aliphatic heterocycles. The Labute approximate surface area is 126 Å². The smallest absolute Gasteiger partial charge is 0.319 e. The molecule has 1 saturated heterocycles. The molecule has 1 fully saturated rings. The van der Waals surface area contributed by atoms with Crippen LogP contribution in [0.2, 0.25) is 0 Å². The van der Waals surface area contributed by atoms with E-state index in [0.29, 0.717) is 12.1 Å². The van der Waals surface area contributed by atoms with Gasteiger partial charge in [0.25, 0.3) is 0 Å². The Kier molecular flexibility index (Phi) is 4.27. The van der Waals surface area contributed by atoms with Crippen LogP contribution in [0.5, 0.6) is 0 Å². The molecule has 2 amide bonds. The number of carbonyl (C=O) groups excluding carboxylic acids is 1. The Hall–Kier alpha value is -1.56. The van der Waals surface area contributed by atoms with Crippen LogP contribution in [0.3, 0.4) is 0 Å². The second-order valence-corrected chi connectivity index (χ2v) is 8.75. The van der Waals surface area contributed by atoms with Crippen LogP contribution in [0.4, 0.5) is 10.5 Å². The fourth-order valence-electron chi connectivity index (χ4n) is 2.31. The second-order valence-electron chi connectivity index (χ2n) is 6.53. The highest BCUT2D eigenvalue weighted by Gasteiger charge is 2.28. The molecule has 5 nitrogen and oxygen atoms in total. The zero-order chi connectivity index (χ0) is 15.7. The molecule has 2 rings (SSSR count). The summed E-state index contributed by atoms with van der Waals surface area (Å²) in [7, 11) is -2.98. The molecule has 0 aromatic heterocycles. The number of urea groups is 1. The van der Waals surface area contributed by atoms with Crippen LogP contribution in [0.25, 0.3) is 0 Å². The topological polar surface area (TPSA) is 75.3 Å². The summed E-state index contributed by atoms with van der Waals surface area (Å²) in [4.78, 5) is 11.8. The van der Waals surface area contributed by atoms with Crippen molar-refractivity contribution in [3.8, 4) is 0 Å². The zero-order valence-electron chi connectivity index (χ0n) is 12.6. The summed E-state index contributed by atoms with van der Waals surface area (Å²) in [6.07, 6.45) is 0.485. The molecule has 116 valence electrons. The second kappa shape index (κ2) is 5.67. The number of amides is 2. The summed E-state index contributed by atoms with van der Waals surface area (Å²) in [5.41, 5.74) is 1.95. The van der Waals surface area contributed by atoms with Crippen molar-refractivity contribution in [2.75, 3.05) is 16.8 Å². The third-order valence-corrected chi connectivity index (χ3v) is 5.34. The Morgan fingerprint density at radius 1 is 1.19 bits per heavy atom. The molecule has 21 heavy (non-hydrogen) atoms. The van der Waals surface area contributed by atoms with E-state index < -0.39 is 9.84 Å². The van der Waals surface area contributed by atoms with Crippen molar-refractivity contribution in [2.24, 2.45) is 0 Å². The monoisotopic (exact) mass is 310 g/mol. The summed E-state index contributed by atoms with van der Waals surface area (Å²) in [6.45, 7) is 6.38. The zero-order valence-corrected chi connectivity index (χ0v) is 13.5. The molecule has 0 aliphatic carbocycles. The summed E-state index contributed by atoms with van der Waals surface area (Å²) in [5.74, 6) is 0.182. The van der Waals surface area contributed by atoms with Gasteiger partial charge in [0, 0.05) is 11.7 Å². The summed E-state index contributed by atoms with van der Waals surface area (Å²) < 4.78 is 22.7. The minimum atomic E-state index is -2.98. The highest BCUT2D eigenvalue weighted by atomic mass is 32.2. The average molecular weight is 310 g/mol. The molecule has 1 aliphatic rings. The lowest BCUT2D eigenvalue weighted by Gasteiger charge is -2.19. The van der Waals surface area contributed by atoms with Crippen molar-refractivity contribution in [1.82, 2.24) is 5.32 Å². The number of rotatable bonds is 2. The maximum Gasteiger partial charge on any atom is 0.319 e. The normalized spacial score (nSPS) is 21.0. The van der Waals surface area contributed by atoms with Gasteiger partial charge in [-0.3, -0.25) is 0 Å². The van der Waals surface area contributed by atoms with Gasteiger partial charge >= 0.3 is 6.03 Å². The summed E-state index contributed by atoms with van der Waals surface area (Å²) in [6, 6.07) is 7.02. The number of sulfone groups is 1. The van der Waals surface area contributed by atoms with Crippen LogP contribution in [-0.2, 0) is 15.3 Å². The first-order chi connectivity index (χ1) is 9.66. The first-order valence-electron chi connectivity index (χ1n) is 7.04. The summed E-state index contributed by atoms with van der Waals surface area (Å²) >= 11 is 0. The molecule has 2 N–H and O–H groups in total. The van der Waals surface area contributed by atoms with Gasteiger partial charge in [0.15, 0.2) is 9.84 Å². The van der Waals surface area contributed by atoms with Crippen molar-refractivity contribution in [2.45, 2.75) is 38.6 Å². The Bertz CT molecular complexity index is 615. The molecule has 0 bridgehead atoms. The van der Waals surface area contributed by atoms with E-state index >= 15 is 0 Å². The maximum atomic E-state index is 11.8. The van der Waals surface area contributed by atoms with Crippen LogP contribution < -0.4 is 10.6 Å². The predicted octanol–water partition coefficient (Wildman–Crippen LogP) is 2.29. The molecule has 1 unspecified atom stereocenters. The van der Waals surface area contributed by atoms with Crippen molar-refractivity contribution in [3.05, 3.63) is 29.8 Å². The molecule has 1 atom stereocenters. The van der Waals surface area contributed by atoms with Crippen molar-refractivity contribution in [3.63, 3.8) is 0 Å². The van der Waals surface area contributed by atoms with Crippen LogP contribution >= 0.6 is 0 Å². The van der Waals surface area contributed by atoms with Gasteiger partial charge in [-0.2, -0.15) is 0 Å². The van der Waals surface area contributed by atoms with E-state index in [2.05, 4.69) is 31.4 Å². The number of anilines is 1. The SMILES string of the molecule is CC(C)(C)c1ccc(NC(=O)NC2CCS(=O)(=O)C2)cc1. The van der Waals surface area contributed by atoms with Gasteiger partial charge in [0.2, 0.25) is 0 Å². The van der Waals surface area contributed by atoms with E-state index in [1.165, 1.54) is 5.56 Å². The molecule has 1 heterocycles. The maximum absolute atomic E-state index is 11.8. The fraction of sp³-hybridized carbons (Fsp3) is 0.533. The van der Waals surface area contributed by atoms with E-state index in [9.17, 15) is 13.2 Å². The Morgan fingerprint density at radius 2 is 1.81 bits per heavy atom. The minimum absolute atomic E-state index is 0.0311. The summed E-state index contributed by atoms with van der Waals surface area (Å²) in [5, 5.41) is 5.43. The van der Waals surface area contributed by atoms with Gasteiger partial charge in [-0.25, -0.2) is 13.2 Å². The number of benzene rings is 1. The first-order valence-corrected chi connectivity index (χ1v) is 8.86. The highest BCUT2D eigenvalue weighted by molar-refractivity contribution is 7.91. The van der Waals surface area contributed by atoms with E-state index in [0.717, 1.165) is 0 Å². The van der Waals surface area contributed by atoms with Gasteiger partial charge in [-0.1, -0.05) is 32.9 Å². The van der Waals surface area contributed by atoms with E-state index in [-0.39, 0.29) is 29.0 Å². The lowest BCUT2D eigenvalue weighted by Crippen LogP contribution is -2.38. The third kappa shape index (κ3) is 4.46. The van der Waals surface area contributed by atoms with Crippen molar-refractivity contribution < 1.29 is 13.2 Å². The van der Waals surface area contributed by atoms with Crippen LogP contribution in [0, 0.1) is 0 Å². The van der Waals surface area contributed by atoms with E-state index in [4.69, 9.17) is 0 Å². The van der Waals surface area contributed by atoms with E-state index in [1.54, 1.807) is 0 Å². The molecule has 1 aromatic rings. The number of hydrogen-bond acceptors (Lipinski definition) is 3. The lowest BCUT2D eigenvalue weighted by atomic mass is 9.87. The van der Waals surface area contributed by atoms with Crippen LogP contribution in [-0.4, -0.2) is 32.0 Å². The molecule has 0 spiro atoms. The van der Waals surface area contributed by atoms with Crippen LogP contribution in [0.15, 0.2) is 24.3 Å². The van der Waals surface area contributed by atoms with Gasteiger partial charge in [0.1, 0.15) is 0 Å². The molecule has 0 radical (unpaired) electrons. The van der Waals surface area contributed by atoms with E-state index in [1.807, 2.05) is 24.3 Å². The average Bonchev–Trinajstić information content (AvgIpc) is 2.68. The minimum Gasteiger partial charge on any atom is -0.334 e. The molecule has 6 heteroatoms. The number of carbonyl (C=O) groups is 1. The molecule has 0 saturated carbocycles. The Balaban J connectivity index is 1.91.